The van der Waals surface area contributed by atoms with E-state index in [1.165, 1.54) is 19.3 Å². The van der Waals surface area contributed by atoms with Gasteiger partial charge >= 0.3 is 0 Å². The van der Waals surface area contributed by atoms with Crippen LogP contribution in [0, 0.1) is 6.92 Å². The molecular formula is C15H22N2O2. The van der Waals surface area contributed by atoms with E-state index in [2.05, 4.69) is 4.90 Å². The van der Waals surface area contributed by atoms with Crippen molar-refractivity contribution in [3.05, 3.63) is 23.3 Å². The molecule has 2 aliphatic rings. The van der Waals surface area contributed by atoms with E-state index in [0.29, 0.717) is 12.4 Å². The molecule has 104 valence electrons. The number of phenols is 1. The van der Waals surface area contributed by atoms with Crippen molar-refractivity contribution >= 4 is 0 Å². The van der Waals surface area contributed by atoms with Crippen LogP contribution in [0.15, 0.2) is 12.1 Å². The summed E-state index contributed by atoms with van der Waals surface area (Å²) in [6.07, 6.45) is 3.81. The Balaban J connectivity index is 1.99. The third kappa shape index (κ3) is 2.19. The molecule has 4 nitrogen and oxygen atoms in total. The summed E-state index contributed by atoms with van der Waals surface area (Å²) in [5.74, 6) is 1.13. The van der Waals surface area contributed by atoms with Crippen LogP contribution in [-0.4, -0.2) is 35.7 Å². The number of hydrogen-bond acceptors (Lipinski definition) is 4. The Hall–Kier alpha value is -1.26. The van der Waals surface area contributed by atoms with E-state index in [1.54, 1.807) is 6.07 Å². The van der Waals surface area contributed by atoms with Crippen molar-refractivity contribution in [2.24, 2.45) is 5.73 Å². The van der Waals surface area contributed by atoms with Crippen molar-refractivity contribution in [3.8, 4) is 11.5 Å². The molecule has 1 aromatic carbocycles. The van der Waals surface area contributed by atoms with Crippen LogP contribution in [-0.2, 0) is 0 Å². The van der Waals surface area contributed by atoms with Crippen molar-refractivity contribution in [1.82, 2.24) is 4.90 Å². The molecule has 0 aromatic heterocycles. The van der Waals surface area contributed by atoms with Gasteiger partial charge in [0.15, 0.2) is 0 Å². The average molecular weight is 262 g/mol. The van der Waals surface area contributed by atoms with E-state index in [9.17, 15) is 5.11 Å². The van der Waals surface area contributed by atoms with E-state index < -0.39 is 0 Å². The molecule has 3 N–H and O–H groups in total. The van der Waals surface area contributed by atoms with Crippen LogP contribution in [0.2, 0.25) is 0 Å². The Kier molecular flexibility index (Phi) is 3.37. The number of rotatable bonds is 1. The van der Waals surface area contributed by atoms with Crippen LogP contribution in [0.5, 0.6) is 11.5 Å². The maximum Gasteiger partial charge on any atom is 0.130 e. The molecular weight excluding hydrogens is 240 g/mol. The summed E-state index contributed by atoms with van der Waals surface area (Å²) in [7, 11) is 0. The number of aromatic hydroxyl groups is 1. The van der Waals surface area contributed by atoms with Crippen molar-refractivity contribution in [3.63, 3.8) is 0 Å². The minimum Gasteiger partial charge on any atom is -0.508 e. The molecule has 2 unspecified atom stereocenters. The van der Waals surface area contributed by atoms with Gasteiger partial charge in [0, 0.05) is 11.1 Å². The van der Waals surface area contributed by atoms with Crippen LogP contribution >= 0.6 is 0 Å². The lowest BCUT2D eigenvalue weighted by molar-refractivity contribution is 0.100. The fraction of sp³-hybridized carbons (Fsp3) is 0.600. The third-order valence-electron chi connectivity index (χ3n) is 4.34. The number of ether oxygens (including phenoxy) is 1. The standard InChI is InChI=1S/C15H22N2O2/c1-10-13(18)6-5-11-14(12(16)9-19-15(10)11)17-7-3-2-4-8-17/h5-6,12,14,18H,2-4,7-9,16H2,1H3. The van der Waals surface area contributed by atoms with Crippen molar-refractivity contribution in [1.29, 1.82) is 0 Å². The molecule has 1 aromatic rings. The summed E-state index contributed by atoms with van der Waals surface area (Å²) in [4.78, 5) is 2.48. The van der Waals surface area contributed by atoms with E-state index in [0.717, 1.165) is 30.0 Å². The smallest absolute Gasteiger partial charge is 0.130 e. The van der Waals surface area contributed by atoms with Crippen LogP contribution in [0.3, 0.4) is 0 Å². The Morgan fingerprint density at radius 3 is 2.74 bits per heavy atom. The van der Waals surface area contributed by atoms with E-state index >= 15 is 0 Å². The molecule has 1 saturated heterocycles. The lowest BCUT2D eigenvalue weighted by atomic mass is 9.91. The Morgan fingerprint density at radius 2 is 2.00 bits per heavy atom. The first-order valence-corrected chi connectivity index (χ1v) is 7.13. The number of fused-ring (bicyclic) bond motifs is 1. The Labute approximate surface area is 114 Å². The first-order valence-electron chi connectivity index (χ1n) is 7.13. The highest BCUT2D eigenvalue weighted by atomic mass is 16.5. The second-order valence-electron chi connectivity index (χ2n) is 5.64. The molecule has 2 aliphatic heterocycles. The SMILES string of the molecule is Cc1c(O)ccc2c1OCC(N)C2N1CCCCC1. The van der Waals surface area contributed by atoms with Crippen LogP contribution in [0.25, 0.3) is 0 Å². The fourth-order valence-electron chi connectivity index (χ4n) is 3.29. The minimum absolute atomic E-state index is 0.00884. The highest BCUT2D eigenvalue weighted by Gasteiger charge is 2.34. The average Bonchev–Trinajstić information content (AvgIpc) is 2.44. The van der Waals surface area contributed by atoms with Gasteiger partial charge in [-0.05, 0) is 45.0 Å². The Bertz CT molecular complexity index is 469. The first-order chi connectivity index (χ1) is 9.18. The molecule has 0 amide bonds. The molecule has 0 bridgehead atoms. The van der Waals surface area contributed by atoms with Gasteiger partial charge in [0.1, 0.15) is 18.1 Å². The first kappa shape index (κ1) is 12.8. The molecule has 0 aliphatic carbocycles. The Morgan fingerprint density at radius 1 is 1.26 bits per heavy atom. The predicted molar refractivity (Wildman–Crippen MR) is 74.5 cm³/mol. The van der Waals surface area contributed by atoms with Crippen LogP contribution in [0.1, 0.15) is 36.4 Å². The summed E-state index contributed by atoms with van der Waals surface area (Å²) in [6, 6.07) is 3.96. The van der Waals surface area contributed by atoms with E-state index in [4.69, 9.17) is 10.5 Å². The number of piperidine rings is 1. The van der Waals surface area contributed by atoms with Crippen molar-refractivity contribution in [2.75, 3.05) is 19.7 Å². The van der Waals surface area contributed by atoms with Gasteiger partial charge < -0.3 is 15.6 Å². The summed E-state index contributed by atoms with van der Waals surface area (Å²) in [6.45, 7) is 4.65. The van der Waals surface area contributed by atoms with Crippen LogP contribution in [0.4, 0.5) is 0 Å². The minimum atomic E-state index is 0.00884. The fourth-order valence-corrected chi connectivity index (χ4v) is 3.29. The molecule has 0 spiro atoms. The highest BCUT2D eigenvalue weighted by Crippen LogP contribution is 2.41. The van der Waals surface area contributed by atoms with Gasteiger partial charge in [0.25, 0.3) is 0 Å². The summed E-state index contributed by atoms with van der Waals surface area (Å²) in [5.41, 5.74) is 8.24. The van der Waals surface area contributed by atoms with Gasteiger partial charge in [0.05, 0.1) is 12.1 Å². The van der Waals surface area contributed by atoms with Gasteiger partial charge in [-0.3, -0.25) is 4.90 Å². The van der Waals surface area contributed by atoms with Gasteiger partial charge in [-0.25, -0.2) is 0 Å². The zero-order valence-electron chi connectivity index (χ0n) is 11.4. The molecule has 4 heteroatoms. The van der Waals surface area contributed by atoms with Crippen LogP contribution < -0.4 is 10.5 Å². The number of phenolic OH excluding ortho intramolecular Hbond substituents is 1. The van der Waals surface area contributed by atoms with Crippen molar-refractivity contribution < 1.29 is 9.84 Å². The molecule has 0 saturated carbocycles. The maximum absolute atomic E-state index is 9.81. The summed E-state index contributed by atoms with van der Waals surface area (Å²) >= 11 is 0. The number of benzene rings is 1. The monoisotopic (exact) mass is 262 g/mol. The lowest BCUT2D eigenvalue weighted by Crippen LogP contribution is -2.48. The molecule has 1 fully saturated rings. The summed E-state index contributed by atoms with van der Waals surface area (Å²) in [5, 5.41) is 9.81. The molecule has 19 heavy (non-hydrogen) atoms. The maximum atomic E-state index is 9.81. The zero-order valence-corrected chi connectivity index (χ0v) is 11.4. The molecule has 2 heterocycles. The second kappa shape index (κ2) is 5.02. The van der Waals surface area contributed by atoms with Gasteiger partial charge in [-0.2, -0.15) is 0 Å². The normalized spacial score (nSPS) is 27.7. The number of nitrogens with two attached hydrogens (primary N) is 1. The van der Waals surface area contributed by atoms with Gasteiger partial charge in [0.2, 0.25) is 0 Å². The third-order valence-corrected chi connectivity index (χ3v) is 4.34. The van der Waals surface area contributed by atoms with E-state index in [-0.39, 0.29) is 12.1 Å². The zero-order chi connectivity index (χ0) is 13.4. The quantitative estimate of drug-likeness (QED) is 0.812. The number of hydrogen-bond donors (Lipinski definition) is 2. The number of nitrogens with zero attached hydrogens (tertiary/aromatic N) is 1. The molecule has 3 rings (SSSR count). The molecule has 0 radical (unpaired) electrons. The van der Waals surface area contributed by atoms with E-state index in [1.807, 2.05) is 13.0 Å². The van der Waals surface area contributed by atoms with Crippen molar-refractivity contribution in [2.45, 2.75) is 38.3 Å². The second-order valence-corrected chi connectivity index (χ2v) is 5.64. The molecule has 2 atom stereocenters. The highest BCUT2D eigenvalue weighted by molar-refractivity contribution is 5.51. The number of likely N-dealkylation sites (tertiary alicyclic amines) is 1. The topological polar surface area (TPSA) is 58.7 Å². The predicted octanol–water partition coefficient (Wildman–Crippen LogP) is 1.95. The summed E-state index contributed by atoms with van der Waals surface area (Å²) < 4.78 is 5.76. The van der Waals surface area contributed by atoms with Gasteiger partial charge in [-0.15, -0.1) is 0 Å². The lowest BCUT2D eigenvalue weighted by Gasteiger charge is -2.41. The largest absolute Gasteiger partial charge is 0.508 e. The van der Waals surface area contributed by atoms with Gasteiger partial charge in [-0.1, -0.05) is 6.42 Å².